The lowest BCUT2D eigenvalue weighted by Crippen LogP contribution is -2.17. The van der Waals surface area contributed by atoms with Crippen molar-refractivity contribution in [2.45, 2.75) is 25.2 Å². The molecular weight excluding hydrogens is 184 g/mol. The molecule has 0 fully saturated rings. The van der Waals surface area contributed by atoms with Crippen LogP contribution in [0.25, 0.3) is 10.9 Å². The highest BCUT2D eigenvalue weighted by Crippen LogP contribution is 2.35. The highest BCUT2D eigenvalue weighted by molar-refractivity contribution is 5.85. The Kier molecular flexibility index (Phi) is 2.03. The summed E-state index contributed by atoms with van der Waals surface area (Å²) in [6, 6.07) is 8.56. The van der Waals surface area contributed by atoms with Crippen LogP contribution in [-0.2, 0) is 6.42 Å². The maximum atomic E-state index is 5.82. The van der Waals surface area contributed by atoms with Gasteiger partial charge in [0.05, 0.1) is 0 Å². The van der Waals surface area contributed by atoms with Crippen LogP contribution in [-0.4, -0.2) is 11.5 Å². The van der Waals surface area contributed by atoms with E-state index in [1.165, 1.54) is 41.4 Å². The molecule has 0 aliphatic heterocycles. The monoisotopic (exact) mass is 200 g/mol. The largest absolute Gasteiger partial charge is 0.358 e. The average Bonchev–Trinajstić information content (AvgIpc) is 2.67. The number of aromatic nitrogens is 1. The van der Waals surface area contributed by atoms with Crippen LogP contribution >= 0.6 is 0 Å². The number of fused-ring (bicyclic) bond motifs is 3. The van der Waals surface area contributed by atoms with Crippen LogP contribution in [0.3, 0.4) is 0 Å². The van der Waals surface area contributed by atoms with Crippen LogP contribution in [0.1, 0.15) is 30.0 Å². The first kappa shape index (κ1) is 8.98. The predicted octanol–water partition coefficient (Wildman–Crippen LogP) is 2.55. The van der Waals surface area contributed by atoms with Crippen LogP contribution < -0.4 is 5.73 Å². The Morgan fingerprint density at radius 1 is 1.33 bits per heavy atom. The minimum absolute atomic E-state index is 0.543. The van der Waals surface area contributed by atoms with E-state index in [4.69, 9.17) is 5.73 Å². The van der Waals surface area contributed by atoms with E-state index in [0.717, 1.165) is 6.54 Å². The minimum atomic E-state index is 0.543. The van der Waals surface area contributed by atoms with E-state index < -0.39 is 0 Å². The van der Waals surface area contributed by atoms with Crippen LogP contribution in [0.5, 0.6) is 0 Å². The highest BCUT2D eigenvalue weighted by Gasteiger charge is 2.22. The maximum Gasteiger partial charge on any atom is 0.0459 e. The summed E-state index contributed by atoms with van der Waals surface area (Å²) < 4.78 is 0. The number of hydrogen-bond acceptors (Lipinski definition) is 1. The molecule has 15 heavy (non-hydrogen) atoms. The van der Waals surface area contributed by atoms with Gasteiger partial charge in [-0.05, 0) is 30.9 Å². The average molecular weight is 200 g/mol. The molecule has 3 rings (SSSR count). The number of hydrogen-bond donors (Lipinski definition) is 2. The first-order valence-corrected chi connectivity index (χ1v) is 5.69. The van der Waals surface area contributed by atoms with Gasteiger partial charge in [-0.25, -0.2) is 0 Å². The number of nitrogens with two attached hydrogens (primary N) is 1. The molecule has 1 atom stereocenters. The van der Waals surface area contributed by atoms with Crippen LogP contribution in [0.4, 0.5) is 0 Å². The second-order valence-corrected chi connectivity index (χ2v) is 4.39. The van der Waals surface area contributed by atoms with Crippen molar-refractivity contribution in [2.75, 3.05) is 6.54 Å². The third-order valence-corrected chi connectivity index (χ3v) is 3.52. The van der Waals surface area contributed by atoms with Crippen molar-refractivity contribution in [1.29, 1.82) is 0 Å². The number of aryl methyl sites for hydroxylation is 1. The van der Waals surface area contributed by atoms with Crippen molar-refractivity contribution < 1.29 is 0 Å². The molecule has 0 saturated carbocycles. The predicted molar refractivity (Wildman–Crippen MR) is 63.0 cm³/mol. The summed E-state index contributed by atoms with van der Waals surface area (Å²) in [6.07, 6.45) is 3.71. The number of H-pyrrole nitrogens is 1. The van der Waals surface area contributed by atoms with Crippen LogP contribution in [0, 0.1) is 0 Å². The number of benzene rings is 1. The first-order chi connectivity index (χ1) is 7.40. The number of rotatable bonds is 1. The summed E-state index contributed by atoms with van der Waals surface area (Å²) in [7, 11) is 0. The fourth-order valence-electron chi connectivity index (χ4n) is 2.74. The van der Waals surface area contributed by atoms with Gasteiger partial charge < -0.3 is 10.7 Å². The fourth-order valence-corrected chi connectivity index (χ4v) is 2.74. The minimum Gasteiger partial charge on any atom is -0.358 e. The van der Waals surface area contributed by atoms with E-state index in [1.54, 1.807) is 0 Å². The van der Waals surface area contributed by atoms with Crippen molar-refractivity contribution in [3.63, 3.8) is 0 Å². The van der Waals surface area contributed by atoms with Crippen molar-refractivity contribution >= 4 is 10.9 Å². The van der Waals surface area contributed by atoms with Gasteiger partial charge in [0.15, 0.2) is 0 Å². The van der Waals surface area contributed by atoms with Gasteiger partial charge >= 0.3 is 0 Å². The molecule has 0 amide bonds. The Bertz CT molecular complexity index is 484. The fraction of sp³-hybridized carbons (Fsp3) is 0.385. The molecule has 1 aromatic heterocycles. The third kappa shape index (κ3) is 1.29. The van der Waals surface area contributed by atoms with E-state index in [1.807, 2.05) is 0 Å². The van der Waals surface area contributed by atoms with Crippen molar-refractivity contribution in [1.82, 2.24) is 4.98 Å². The molecule has 2 heteroatoms. The molecular formula is C13H16N2. The Labute approximate surface area is 89.5 Å². The molecule has 0 spiro atoms. The Morgan fingerprint density at radius 2 is 2.20 bits per heavy atom. The quantitative estimate of drug-likeness (QED) is 0.729. The number of aromatic amines is 1. The lowest BCUT2D eigenvalue weighted by Gasteiger charge is -2.20. The van der Waals surface area contributed by atoms with Gasteiger partial charge in [-0.2, -0.15) is 0 Å². The number of nitrogens with one attached hydrogen (secondary N) is 1. The van der Waals surface area contributed by atoms with E-state index in [2.05, 4.69) is 29.2 Å². The molecule has 2 nitrogen and oxygen atoms in total. The van der Waals surface area contributed by atoms with Gasteiger partial charge in [-0.1, -0.05) is 18.2 Å². The van der Waals surface area contributed by atoms with Crippen molar-refractivity contribution in [2.24, 2.45) is 5.73 Å². The molecule has 0 saturated heterocycles. The standard InChI is InChI=1S/C13H16N2/c14-8-9-4-3-6-11-10-5-1-2-7-12(10)15-13(9)11/h1-2,5,7,9,15H,3-4,6,8,14H2/t9-/m0/s1. The van der Waals surface area contributed by atoms with E-state index in [-0.39, 0.29) is 0 Å². The molecule has 0 unspecified atom stereocenters. The lowest BCUT2D eigenvalue weighted by molar-refractivity contribution is 0.553. The first-order valence-electron chi connectivity index (χ1n) is 5.69. The molecule has 0 radical (unpaired) electrons. The second-order valence-electron chi connectivity index (χ2n) is 4.39. The zero-order valence-electron chi connectivity index (χ0n) is 8.79. The summed E-state index contributed by atoms with van der Waals surface area (Å²) in [5.41, 5.74) is 9.99. The molecule has 2 aromatic rings. The molecule has 1 aliphatic carbocycles. The maximum absolute atomic E-state index is 5.82. The molecule has 1 aromatic carbocycles. The molecule has 3 N–H and O–H groups in total. The molecule has 1 aliphatic rings. The summed E-state index contributed by atoms with van der Waals surface area (Å²) in [6.45, 7) is 0.764. The van der Waals surface area contributed by atoms with Crippen molar-refractivity contribution in [3.05, 3.63) is 35.5 Å². The highest BCUT2D eigenvalue weighted by atomic mass is 14.8. The molecule has 1 heterocycles. The normalized spacial score (nSPS) is 20.5. The molecule has 78 valence electrons. The molecule has 0 bridgehead atoms. The smallest absolute Gasteiger partial charge is 0.0459 e. The summed E-state index contributed by atoms with van der Waals surface area (Å²) >= 11 is 0. The zero-order chi connectivity index (χ0) is 10.3. The lowest BCUT2D eigenvalue weighted by atomic mass is 9.87. The SMILES string of the molecule is NC[C@@H]1CCCc2c1[nH]c1ccccc21. The Balaban J connectivity index is 2.24. The van der Waals surface area contributed by atoms with Gasteiger partial charge in [0.2, 0.25) is 0 Å². The van der Waals surface area contributed by atoms with E-state index in [9.17, 15) is 0 Å². The second kappa shape index (κ2) is 3.38. The van der Waals surface area contributed by atoms with Gasteiger partial charge in [0, 0.05) is 29.1 Å². The van der Waals surface area contributed by atoms with Gasteiger partial charge in [-0.15, -0.1) is 0 Å². The van der Waals surface area contributed by atoms with Crippen molar-refractivity contribution in [3.8, 4) is 0 Å². The van der Waals surface area contributed by atoms with Crippen LogP contribution in [0.2, 0.25) is 0 Å². The third-order valence-electron chi connectivity index (χ3n) is 3.52. The zero-order valence-corrected chi connectivity index (χ0v) is 8.79. The van der Waals surface area contributed by atoms with E-state index >= 15 is 0 Å². The van der Waals surface area contributed by atoms with E-state index in [0.29, 0.717) is 5.92 Å². The summed E-state index contributed by atoms with van der Waals surface area (Å²) in [4.78, 5) is 3.54. The Hall–Kier alpha value is -1.28. The van der Waals surface area contributed by atoms with Gasteiger partial charge in [-0.3, -0.25) is 0 Å². The van der Waals surface area contributed by atoms with Gasteiger partial charge in [0.1, 0.15) is 0 Å². The summed E-state index contributed by atoms with van der Waals surface area (Å²) in [5, 5.41) is 1.39. The summed E-state index contributed by atoms with van der Waals surface area (Å²) in [5.74, 6) is 0.543. The van der Waals surface area contributed by atoms with Crippen LogP contribution in [0.15, 0.2) is 24.3 Å². The number of para-hydroxylation sites is 1. The topological polar surface area (TPSA) is 41.8 Å². The Morgan fingerprint density at radius 3 is 3.07 bits per heavy atom. The van der Waals surface area contributed by atoms with Gasteiger partial charge in [0.25, 0.3) is 0 Å².